The van der Waals surface area contributed by atoms with Gasteiger partial charge in [0.15, 0.2) is 0 Å². The number of hydrogen-bond donors (Lipinski definition) is 1. The normalized spacial score (nSPS) is 35.0. The van der Waals surface area contributed by atoms with E-state index in [1.54, 1.807) is 16.7 Å². The van der Waals surface area contributed by atoms with Gasteiger partial charge in [0, 0.05) is 31.0 Å². The number of allylic oxidation sites excluding steroid dienone is 1. The van der Waals surface area contributed by atoms with Crippen LogP contribution in [0.15, 0.2) is 24.3 Å². The number of fused-ring (bicyclic) bond motifs is 2. The Hall–Kier alpha value is -1.80. The second-order valence-corrected chi connectivity index (χ2v) is 11.4. The van der Waals surface area contributed by atoms with E-state index in [0.29, 0.717) is 26.1 Å². The Kier molecular flexibility index (Phi) is 8.08. The third-order valence-corrected chi connectivity index (χ3v) is 9.42. The molecule has 1 spiro atoms. The van der Waals surface area contributed by atoms with Crippen LogP contribution in [0.5, 0.6) is 0 Å². The first-order valence-corrected chi connectivity index (χ1v) is 13.7. The molecule has 0 radical (unpaired) electrons. The lowest BCUT2D eigenvalue weighted by Gasteiger charge is -2.37. The van der Waals surface area contributed by atoms with Crippen molar-refractivity contribution < 1.29 is 24.2 Å². The first kappa shape index (κ1) is 25.3. The van der Waals surface area contributed by atoms with Crippen LogP contribution in [0.2, 0.25) is 0 Å². The van der Waals surface area contributed by atoms with Crippen LogP contribution in [0, 0.1) is 11.8 Å². The maximum Gasteiger partial charge on any atom is 0.311 e. The highest BCUT2D eigenvalue weighted by Crippen LogP contribution is 2.60. The van der Waals surface area contributed by atoms with Crippen molar-refractivity contribution in [3.63, 3.8) is 0 Å². The minimum absolute atomic E-state index is 0.0136. The van der Waals surface area contributed by atoms with Crippen LogP contribution in [0.25, 0.3) is 0 Å². The minimum Gasteiger partial charge on any atom is -0.465 e. The van der Waals surface area contributed by atoms with Gasteiger partial charge >= 0.3 is 5.97 Å². The summed E-state index contributed by atoms with van der Waals surface area (Å²) in [6.07, 6.45) is 13.9. The topological polar surface area (TPSA) is 87.2 Å². The van der Waals surface area contributed by atoms with Crippen LogP contribution in [-0.4, -0.2) is 81.1 Å². The molecule has 4 aliphatic heterocycles. The van der Waals surface area contributed by atoms with Crippen LogP contribution < -0.4 is 0 Å². The van der Waals surface area contributed by atoms with Gasteiger partial charge in [-0.05, 0) is 45.4 Å². The molecule has 188 valence electrons. The number of nitrogens with zero attached hydrogens (tertiary/aromatic N) is 2. The Morgan fingerprint density at radius 3 is 2.79 bits per heavy atom. The second kappa shape index (κ2) is 10.9. The number of cyclic esters (lactones) is 1. The standard InChI is InChI=1S/C26H38N2O5S/c1-3-11-18(2)27-15-10-13-26-21(20-19(34-26)12-6-4-9-17-33-25(20)32)23(30)28(22(26)24(27)31)14-7-5-8-16-29/h6,10,12-13,18-22,29H,3-5,7-9,11,14-17H2,1-2H3/b12-6-/t18?,19-,20+,21+,22?,26+/m1/s1. The van der Waals surface area contributed by atoms with E-state index in [0.717, 1.165) is 38.5 Å². The molecule has 4 rings (SSSR count). The molecule has 0 aromatic heterocycles. The molecule has 0 bridgehead atoms. The predicted octanol–water partition coefficient (Wildman–Crippen LogP) is 2.93. The molecule has 6 atom stereocenters. The Balaban J connectivity index is 1.74. The van der Waals surface area contributed by atoms with E-state index in [1.807, 2.05) is 11.0 Å². The molecular weight excluding hydrogens is 452 g/mol. The van der Waals surface area contributed by atoms with Crippen LogP contribution in [0.3, 0.4) is 0 Å². The Morgan fingerprint density at radius 1 is 1.21 bits per heavy atom. The smallest absolute Gasteiger partial charge is 0.311 e. The van der Waals surface area contributed by atoms with Gasteiger partial charge in [0.2, 0.25) is 11.8 Å². The lowest BCUT2D eigenvalue weighted by Crippen LogP contribution is -2.55. The molecule has 0 saturated carbocycles. The average Bonchev–Trinajstić information content (AvgIpc) is 3.21. The zero-order valence-electron chi connectivity index (χ0n) is 20.4. The quantitative estimate of drug-likeness (QED) is 0.320. The molecule has 0 aliphatic carbocycles. The fourth-order valence-electron chi connectivity index (χ4n) is 6.05. The Labute approximate surface area is 206 Å². The summed E-state index contributed by atoms with van der Waals surface area (Å²) >= 11 is 1.60. The fourth-order valence-corrected chi connectivity index (χ4v) is 8.05. The summed E-state index contributed by atoms with van der Waals surface area (Å²) in [5, 5.41) is 8.99. The molecule has 0 aromatic rings. The number of aliphatic hydroxyl groups excluding tert-OH is 1. The van der Waals surface area contributed by atoms with Crippen LogP contribution in [0.4, 0.5) is 0 Å². The van der Waals surface area contributed by atoms with Crippen molar-refractivity contribution in [2.45, 2.75) is 80.9 Å². The van der Waals surface area contributed by atoms with Crippen molar-refractivity contribution in [1.82, 2.24) is 9.80 Å². The van der Waals surface area contributed by atoms with Crippen molar-refractivity contribution in [2.24, 2.45) is 11.8 Å². The highest BCUT2D eigenvalue weighted by Gasteiger charge is 2.70. The van der Waals surface area contributed by atoms with Gasteiger partial charge in [-0.1, -0.05) is 37.6 Å². The van der Waals surface area contributed by atoms with Gasteiger partial charge < -0.3 is 19.6 Å². The van der Waals surface area contributed by atoms with E-state index in [4.69, 9.17) is 4.74 Å². The van der Waals surface area contributed by atoms with E-state index in [-0.39, 0.29) is 35.7 Å². The van der Waals surface area contributed by atoms with Crippen molar-refractivity contribution in [1.29, 1.82) is 0 Å². The SMILES string of the molecule is CCCC(C)N1CC=C[C@]23S[C@@H]4/C=C\CCCOC(=O)[C@@H]4[C@H]2C(=O)N(CCCCCO)C3C1=O. The first-order chi connectivity index (χ1) is 16.5. The summed E-state index contributed by atoms with van der Waals surface area (Å²) in [7, 11) is 0. The van der Waals surface area contributed by atoms with Crippen molar-refractivity contribution >= 4 is 29.5 Å². The number of carbonyl (C=O) groups is 3. The van der Waals surface area contributed by atoms with Gasteiger partial charge in [0.1, 0.15) is 6.04 Å². The van der Waals surface area contributed by atoms with E-state index in [1.165, 1.54) is 0 Å². The lowest BCUT2D eigenvalue weighted by atomic mass is 9.78. The van der Waals surface area contributed by atoms with E-state index < -0.39 is 22.6 Å². The molecular formula is C26H38N2O5S. The summed E-state index contributed by atoms with van der Waals surface area (Å²) in [5.41, 5.74) is 0. The molecule has 34 heavy (non-hydrogen) atoms. The van der Waals surface area contributed by atoms with Gasteiger partial charge in [-0.2, -0.15) is 0 Å². The molecule has 2 fully saturated rings. The van der Waals surface area contributed by atoms with Gasteiger partial charge in [-0.25, -0.2) is 0 Å². The van der Waals surface area contributed by atoms with Gasteiger partial charge in [-0.3, -0.25) is 14.4 Å². The van der Waals surface area contributed by atoms with Crippen molar-refractivity contribution in [3.05, 3.63) is 24.3 Å². The Morgan fingerprint density at radius 2 is 2.03 bits per heavy atom. The number of hydrogen-bond acceptors (Lipinski definition) is 6. The summed E-state index contributed by atoms with van der Waals surface area (Å²) in [6.45, 7) is 5.64. The van der Waals surface area contributed by atoms with E-state index in [9.17, 15) is 19.5 Å². The lowest BCUT2D eigenvalue weighted by molar-refractivity contribution is -0.153. The van der Waals surface area contributed by atoms with Crippen molar-refractivity contribution in [2.75, 3.05) is 26.3 Å². The third-order valence-electron chi connectivity index (χ3n) is 7.68. The number of amides is 2. The van der Waals surface area contributed by atoms with Gasteiger partial charge in [0.05, 0.1) is 23.2 Å². The molecule has 7 nitrogen and oxygen atoms in total. The van der Waals surface area contributed by atoms with Gasteiger partial charge in [0.25, 0.3) is 0 Å². The summed E-state index contributed by atoms with van der Waals surface area (Å²) in [6, 6.07) is -0.546. The van der Waals surface area contributed by atoms with Gasteiger partial charge in [-0.15, -0.1) is 11.8 Å². The van der Waals surface area contributed by atoms with E-state index in [2.05, 4.69) is 32.1 Å². The molecule has 2 saturated heterocycles. The van der Waals surface area contributed by atoms with Crippen LogP contribution >= 0.6 is 11.8 Å². The number of esters is 1. The summed E-state index contributed by atoms with van der Waals surface area (Å²) in [5.74, 6) is -1.64. The number of thioether (sulfide) groups is 1. The fraction of sp³-hybridized carbons (Fsp3) is 0.731. The zero-order chi connectivity index (χ0) is 24.3. The number of aliphatic hydroxyl groups is 1. The maximum absolute atomic E-state index is 14.1. The molecule has 0 aromatic carbocycles. The van der Waals surface area contributed by atoms with E-state index >= 15 is 0 Å². The first-order valence-electron chi connectivity index (χ1n) is 12.9. The van der Waals surface area contributed by atoms with Crippen LogP contribution in [0.1, 0.15) is 58.8 Å². The average molecular weight is 491 g/mol. The Bertz CT molecular complexity index is 845. The second-order valence-electron chi connectivity index (χ2n) is 9.93. The molecule has 2 amide bonds. The number of carbonyl (C=O) groups excluding carboxylic acids is 3. The predicted molar refractivity (Wildman–Crippen MR) is 132 cm³/mol. The molecule has 1 N–H and O–H groups in total. The highest BCUT2D eigenvalue weighted by atomic mass is 32.2. The number of likely N-dealkylation sites (tertiary alicyclic amines) is 1. The number of ether oxygens (including phenoxy) is 1. The summed E-state index contributed by atoms with van der Waals surface area (Å²) < 4.78 is 4.82. The zero-order valence-corrected chi connectivity index (χ0v) is 21.2. The summed E-state index contributed by atoms with van der Waals surface area (Å²) in [4.78, 5) is 45.0. The third kappa shape index (κ3) is 4.43. The number of unbranched alkanes of at least 4 members (excludes halogenated alkanes) is 2. The highest BCUT2D eigenvalue weighted by molar-refractivity contribution is 8.02. The largest absolute Gasteiger partial charge is 0.465 e. The molecule has 4 aliphatic rings. The monoisotopic (exact) mass is 490 g/mol. The molecule has 4 heterocycles. The number of rotatable bonds is 8. The van der Waals surface area contributed by atoms with Crippen molar-refractivity contribution in [3.8, 4) is 0 Å². The minimum atomic E-state index is -0.774. The van der Waals surface area contributed by atoms with Crippen LogP contribution in [-0.2, 0) is 19.1 Å². The molecule has 2 unspecified atom stereocenters. The molecule has 8 heteroatoms. The maximum atomic E-state index is 14.1.